The fourth-order valence-corrected chi connectivity index (χ4v) is 5.97. The van der Waals surface area contributed by atoms with Gasteiger partial charge in [0, 0.05) is 18.5 Å². The monoisotopic (exact) mass is 409 g/mol. The molecular formula is C17H19N3O7S. The second-order valence-corrected chi connectivity index (χ2v) is 8.58. The third-order valence-corrected chi connectivity index (χ3v) is 7.27. The number of sulfonamides is 1. The van der Waals surface area contributed by atoms with Crippen molar-refractivity contribution in [2.75, 3.05) is 7.11 Å². The lowest BCUT2D eigenvalue weighted by Crippen LogP contribution is -2.53. The van der Waals surface area contributed by atoms with E-state index in [-0.39, 0.29) is 6.42 Å². The number of hydrogen-bond donors (Lipinski definition) is 0. The fourth-order valence-electron chi connectivity index (χ4n) is 3.93. The van der Waals surface area contributed by atoms with E-state index >= 15 is 0 Å². The molecule has 0 saturated carbocycles. The zero-order valence-corrected chi connectivity index (χ0v) is 16.1. The third kappa shape index (κ3) is 3.23. The average molecular weight is 409 g/mol. The Balaban J connectivity index is 2.06. The molecular weight excluding hydrogens is 390 g/mol. The Bertz CT molecular complexity index is 956. The highest BCUT2D eigenvalue weighted by atomic mass is 32.2. The number of ether oxygens (including phenoxy) is 2. The quantitative estimate of drug-likeness (QED) is 0.412. The van der Waals surface area contributed by atoms with Crippen molar-refractivity contribution in [3.8, 4) is 6.07 Å². The van der Waals surface area contributed by atoms with Gasteiger partial charge in [-0.3, -0.25) is 10.1 Å². The molecule has 10 nitrogen and oxygen atoms in total. The molecule has 0 unspecified atom stereocenters. The first-order valence-electron chi connectivity index (χ1n) is 8.66. The van der Waals surface area contributed by atoms with Gasteiger partial charge in [0.2, 0.25) is 10.0 Å². The number of hydrogen-bond acceptors (Lipinski definition) is 8. The molecule has 0 aliphatic carbocycles. The molecule has 0 N–H and O–H groups in total. The Hall–Kier alpha value is -2.55. The van der Waals surface area contributed by atoms with Gasteiger partial charge in [0.15, 0.2) is 6.10 Å². The first-order valence-corrected chi connectivity index (χ1v) is 10.1. The van der Waals surface area contributed by atoms with Gasteiger partial charge in [-0.25, -0.2) is 13.2 Å². The maximum atomic E-state index is 13.4. The fraction of sp³-hybridized carbons (Fsp3) is 0.529. The van der Waals surface area contributed by atoms with E-state index in [4.69, 9.17) is 9.47 Å². The Morgan fingerprint density at radius 2 is 2.14 bits per heavy atom. The molecule has 0 aromatic heterocycles. The van der Waals surface area contributed by atoms with Gasteiger partial charge in [0.1, 0.15) is 16.5 Å². The second kappa shape index (κ2) is 7.46. The molecule has 2 aliphatic rings. The second-order valence-electron chi connectivity index (χ2n) is 6.77. The molecule has 4 atom stereocenters. The predicted molar refractivity (Wildman–Crippen MR) is 94.6 cm³/mol. The summed E-state index contributed by atoms with van der Waals surface area (Å²) in [7, 11) is -3.02. The molecule has 2 fully saturated rings. The number of esters is 1. The van der Waals surface area contributed by atoms with Gasteiger partial charge in [0.05, 0.1) is 24.2 Å². The summed E-state index contributed by atoms with van der Waals surface area (Å²) in [6.07, 6.45) is -0.170. The normalized spacial score (nSPS) is 27.6. The van der Waals surface area contributed by atoms with Crippen LogP contribution < -0.4 is 0 Å². The van der Waals surface area contributed by atoms with Gasteiger partial charge in [0.25, 0.3) is 5.69 Å². The molecule has 2 saturated heterocycles. The Labute approximate surface area is 161 Å². The molecule has 3 rings (SSSR count). The lowest BCUT2D eigenvalue weighted by molar-refractivity contribution is -0.385. The van der Waals surface area contributed by atoms with Crippen LogP contribution in [0.3, 0.4) is 0 Å². The number of nitro benzene ring substituents is 1. The summed E-state index contributed by atoms with van der Waals surface area (Å²) in [6, 6.07) is 4.12. The first kappa shape index (κ1) is 20.2. The van der Waals surface area contributed by atoms with Crippen molar-refractivity contribution in [2.24, 2.45) is 0 Å². The molecule has 1 aromatic rings. The number of piperidine rings is 1. The number of carbonyl (C=O) groups excluding carboxylic acids is 1. The SMILES string of the molecule is COC(=O)[C@@H]1C[C@@H]2[C@@H](CC[C@H](C)N2S(=O)(=O)c2cccc([N+](=O)[O-])c2C#N)O1. The van der Waals surface area contributed by atoms with Crippen molar-refractivity contribution >= 4 is 21.7 Å². The lowest BCUT2D eigenvalue weighted by atomic mass is 9.95. The number of nitrogens with zero attached hydrogens (tertiary/aromatic N) is 3. The Morgan fingerprint density at radius 3 is 2.75 bits per heavy atom. The van der Waals surface area contributed by atoms with Gasteiger partial charge in [-0.05, 0) is 25.8 Å². The number of nitro groups is 1. The number of fused-ring (bicyclic) bond motifs is 1. The zero-order valence-electron chi connectivity index (χ0n) is 15.3. The van der Waals surface area contributed by atoms with Crippen LogP contribution in [0.1, 0.15) is 31.7 Å². The number of benzene rings is 1. The average Bonchev–Trinajstić information content (AvgIpc) is 3.10. The molecule has 2 heterocycles. The van der Waals surface area contributed by atoms with Gasteiger partial charge in [-0.15, -0.1) is 0 Å². The highest BCUT2D eigenvalue weighted by molar-refractivity contribution is 7.89. The highest BCUT2D eigenvalue weighted by Gasteiger charge is 2.51. The van der Waals surface area contributed by atoms with Crippen molar-refractivity contribution in [1.82, 2.24) is 4.31 Å². The molecule has 28 heavy (non-hydrogen) atoms. The smallest absolute Gasteiger partial charge is 0.335 e. The van der Waals surface area contributed by atoms with Crippen LogP contribution in [0, 0.1) is 21.4 Å². The minimum absolute atomic E-state index is 0.123. The van der Waals surface area contributed by atoms with Crippen LogP contribution in [0.2, 0.25) is 0 Å². The largest absolute Gasteiger partial charge is 0.467 e. The van der Waals surface area contributed by atoms with Crippen LogP contribution in [0.25, 0.3) is 0 Å². The van der Waals surface area contributed by atoms with Crippen LogP contribution in [0.4, 0.5) is 5.69 Å². The van der Waals surface area contributed by atoms with E-state index in [9.17, 15) is 28.6 Å². The van der Waals surface area contributed by atoms with E-state index in [0.717, 1.165) is 6.07 Å². The topological polar surface area (TPSA) is 140 Å². The van der Waals surface area contributed by atoms with Crippen LogP contribution in [0.5, 0.6) is 0 Å². The van der Waals surface area contributed by atoms with Gasteiger partial charge in [-0.1, -0.05) is 6.07 Å². The van der Waals surface area contributed by atoms with E-state index in [1.54, 1.807) is 13.0 Å². The summed E-state index contributed by atoms with van der Waals surface area (Å²) in [4.78, 5) is 21.9. The van der Waals surface area contributed by atoms with Crippen molar-refractivity contribution < 1.29 is 27.6 Å². The summed E-state index contributed by atoms with van der Waals surface area (Å²) >= 11 is 0. The molecule has 0 amide bonds. The summed E-state index contributed by atoms with van der Waals surface area (Å²) < 4.78 is 38.5. The third-order valence-electron chi connectivity index (χ3n) is 5.19. The molecule has 0 bridgehead atoms. The van der Waals surface area contributed by atoms with Crippen molar-refractivity contribution in [1.29, 1.82) is 5.26 Å². The first-order chi connectivity index (χ1) is 13.2. The summed E-state index contributed by atoms with van der Waals surface area (Å²) in [5, 5.41) is 20.6. The van der Waals surface area contributed by atoms with Crippen LogP contribution in [0.15, 0.2) is 23.1 Å². The molecule has 150 valence electrons. The van der Waals surface area contributed by atoms with E-state index < -0.39 is 61.4 Å². The van der Waals surface area contributed by atoms with Crippen molar-refractivity contribution in [3.05, 3.63) is 33.9 Å². The molecule has 2 aliphatic heterocycles. The van der Waals surface area contributed by atoms with Gasteiger partial charge < -0.3 is 9.47 Å². The maximum Gasteiger partial charge on any atom is 0.335 e. The van der Waals surface area contributed by atoms with Crippen molar-refractivity contribution in [3.63, 3.8) is 0 Å². The number of carbonyl (C=O) groups is 1. The standard InChI is InChI=1S/C17H19N3O7S/c1-10-6-7-14-13(8-15(27-14)17(21)26-2)19(10)28(24,25)16-5-3-4-12(20(22)23)11(16)9-18/h3-5,10,13-15H,6-8H2,1-2H3/t10-,13+,14+,15-/m0/s1. The number of nitriles is 1. The molecule has 11 heteroatoms. The van der Waals surface area contributed by atoms with Crippen LogP contribution >= 0.6 is 0 Å². The molecule has 0 radical (unpaired) electrons. The minimum Gasteiger partial charge on any atom is -0.467 e. The van der Waals surface area contributed by atoms with Crippen molar-refractivity contribution in [2.45, 2.75) is 55.4 Å². The zero-order chi connectivity index (χ0) is 20.6. The number of methoxy groups -OCH3 is 1. The summed E-state index contributed by atoms with van der Waals surface area (Å²) in [5.74, 6) is -0.576. The Morgan fingerprint density at radius 1 is 1.43 bits per heavy atom. The highest BCUT2D eigenvalue weighted by Crippen LogP contribution is 2.40. The van der Waals surface area contributed by atoms with Gasteiger partial charge in [-0.2, -0.15) is 9.57 Å². The van der Waals surface area contributed by atoms with Crippen LogP contribution in [-0.2, 0) is 24.3 Å². The summed E-state index contributed by atoms with van der Waals surface area (Å²) in [5.41, 5.74) is -1.08. The van der Waals surface area contributed by atoms with Crippen LogP contribution in [-0.4, -0.2) is 55.0 Å². The van der Waals surface area contributed by atoms with E-state index in [1.807, 2.05) is 0 Å². The van der Waals surface area contributed by atoms with E-state index in [2.05, 4.69) is 0 Å². The summed E-state index contributed by atoms with van der Waals surface area (Å²) in [6.45, 7) is 1.72. The number of rotatable bonds is 4. The molecule has 1 aromatic carbocycles. The van der Waals surface area contributed by atoms with Gasteiger partial charge >= 0.3 is 5.97 Å². The minimum atomic E-state index is -4.25. The van der Waals surface area contributed by atoms with E-state index in [1.165, 1.54) is 23.5 Å². The van der Waals surface area contributed by atoms with E-state index in [0.29, 0.717) is 12.8 Å². The lowest BCUT2D eigenvalue weighted by Gasteiger charge is -2.40. The predicted octanol–water partition coefficient (Wildman–Crippen LogP) is 1.34. The maximum absolute atomic E-state index is 13.4. The molecule has 0 spiro atoms. The Kier molecular flexibility index (Phi) is 5.38.